The second-order valence-corrected chi connectivity index (χ2v) is 6.49. The number of aromatic nitrogens is 1. The molecule has 1 aromatic carbocycles. The quantitative estimate of drug-likeness (QED) is 0.828. The molecule has 1 aliphatic heterocycles. The molecule has 0 N–H and O–H groups in total. The molecule has 2 heterocycles. The summed E-state index contributed by atoms with van der Waals surface area (Å²) in [7, 11) is 0. The van der Waals surface area contributed by atoms with Crippen molar-refractivity contribution >= 4 is 17.5 Å². The van der Waals surface area contributed by atoms with Crippen LogP contribution in [0.1, 0.15) is 48.4 Å². The van der Waals surface area contributed by atoms with Gasteiger partial charge in [0.2, 0.25) is 5.91 Å². The molecule has 0 radical (unpaired) electrons. The molecule has 0 aliphatic carbocycles. The predicted molar refractivity (Wildman–Crippen MR) is 89.4 cm³/mol. The first-order valence-electron chi connectivity index (χ1n) is 8.20. The fraction of sp³-hybridized carbons (Fsp3) is 0.444. The third-order valence-corrected chi connectivity index (χ3v) is 4.95. The van der Waals surface area contributed by atoms with Crippen LogP contribution in [0.5, 0.6) is 0 Å². The molecule has 1 amide bonds. The Bertz CT molecular complexity index is 739. The lowest BCUT2D eigenvalue weighted by Gasteiger charge is -2.25. The van der Waals surface area contributed by atoms with Crippen LogP contribution in [0.15, 0.2) is 22.7 Å². The van der Waals surface area contributed by atoms with E-state index in [-0.39, 0.29) is 29.0 Å². The molecule has 4 nitrogen and oxygen atoms in total. The zero-order valence-electron chi connectivity index (χ0n) is 13.8. The van der Waals surface area contributed by atoms with Crippen LogP contribution < -0.4 is 0 Å². The normalized spacial score (nSPS) is 17.5. The first-order chi connectivity index (χ1) is 11.5. The van der Waals surface area contributed by atoms with Crippen LogP contribution in [0, 0.1) is 12.7 Å². The minimum absolute atomic E-state index is 0.0339. The van der Waals surface area contributed by atoms with Crippen LogP contribution in [-0.2, 0) is 17.6 Å². The smallest absolute Gasteiger partial charge is 0.227 e. The van der Waals surface area contributed by atoms with Gasteiger partial charge in [0.05, 0.1) is 18.2 Å². The van der Waals surface area contributed by atoms with Gasteiger partial charge in [0.1, 0.15) is 11.6 Å². The van der Waals surface area contributed by atoms with E-state index < -0.39 is 5.82 Å². The van der Waals surface area contributed by atoms with Crippen LogP contribution in [0.3, 0.4) is 0 Å². The van der Waals surface area contributed by atoms with Gasteiger partial charge in [-0.1, -0.05) is 29.7 Å². The molecular formula is C18H20ClFN2O2. The standard InChI is InChI=1S/C18H20ClFN2O2/c1-3-16-18(11(2)21-24-16)15-8-5-9-22(15)17(23)10-12-13(19)6-4-7-14(12)20/h4,6-7,15H,3,5,8-10H2,1-2H3/t15-/m0/s1. The summed E-state index contributed by atoms with van der Waals surface area (Å²) in [6.45, 7) is 4.56. The molecule has 1 atom stereocenters. The highest BCUT2D eigenvalue weighted by molar-refractivity contribution is 6.31. The maximum absolute atomic E-state index is 14.0. The van der Waals surface area contributed by atoms with E-state index in [1.165, 1.54) is 6.07 Å². The van der Waals surface area contributed by atoms with Crippen molar-refractivity contribution in [2.75, 3.05) is 6.54 Å². The minimum atomic E-state index is -0.443. The summed E-state index contributed by atoms with van der Waals surface area (Å²) < 4.78 is 19.3. The summed E-state index contributed by atoms with van der Waals surface area (Å²) >= 11 is 6.05. The van der Waals surface area contributed by atoms with Gasteiger partial charge in [0, 0.05) is 29.1 Å². The molecule has 1 aromatic heterocycles. The van der Waals surface area contributed by atoms with E-state index in [4.69, 9.17) is 16.1 Å². The highest BCUT2D eigenvalue weighted by atomic mass is 35.5. The number of aryl methyl sites for hydroxylation is 2. The maximum atomic E-state index is 14.0. The Hall–Kier alpha value is -1.88. The van der Waals surface area contributed by atoms with Gasteiger partial charge in [-0.3, -0.25) is 4.79 Å². The SMILES string of the molecule is CCc1onc(C)c1[C@@H]1CCCN1C(=O)Cc1c(F)cccc1Cl. The molecule has 0 spiro atoms. The third kappa shape index (κ3) is 3.05. The van der Waals surface area contributed by atoms with Gasteiger partial charge in [-0.05, 0) is 31.9 Å². The lowest BCUT2D eigenvalue weighted by atomic mass is 10.0. The molecule has 0 unspecified atom stereocenters. The number of hydrogen-bond acceptors (Lipinski definition) is 3. The number of carbonyl (C=O) groups excluding carboxylic acids is 1. The fourth-order valence-corrected chi connectivity index (χ4v) is 3.65. The lowest BCUT2D eigenvalue weighted by Crippen LogP contribution is -2.32. The van der Waals surface area contributed by atoms with Gasteiger partial charge >= 0.3 is 0 Å². The number of hydrogen-bond donors (Lipinski definition) is 0. The second kappa shape index (κ2) is 6.93. The Labute approximate surface area is 145 Å². The van der Waals surface area contributed by atoms with Crippen molar-refractivity contribution in [2.24, 2.45) is 0 Å². The molecule has 0 saturated carbocycles. The molecule has 6 heteroatoms. The van der Waals surface area contributed by atoms with E-state index in [2.05, 4.69) is 5.16 Å². The highest BCUT2D eigenvalue weighted by Gasteiger charge is 2.34. The molecule has 2 aromatic rings. The van der Waals surface area contributed by atoms with Gasteiger partial charge in [0.25, 0.3) is 0 Å². The van der Waals surface area contributed by atoms with Crippen molar-refractivity contribution in [3.8, 4) is 0 Å². The average molecular weight is 351 g/mol. The number of likely N-dealkylation sites (tertiary alicyclic amines) is 1. The molecule has 1 saturated heterocycles. The van der Waals surface area contributed by atoms with E-state index >= 15 is 0 Å². The zero-order valence-corrected chi connectivity index (χ0v) is 14.6. The Balaban J connectivity index is 1.85. The van der Waals surface area contributed by atoms with Crippen LogP contribution in [0.25, 0.3) is 0 Å². The number of benzene rings is 1. The van der Waals surface area contributed by atoms with Crippen molar-refractivity contribution in [2.45, 2.75) is 45.6 Å². The number of halogens is 2. The van der Waals surface area contributed by atoms with E-state index in [1.807, 2.05) is 18.7 Å². The molecular weight excluding hydrogens is 331 g/mol. The first-order valence-corrected chi connectivity index (χ1v) is 8.58. The highest BCUT2D eigenvalue weighted by Crippen LogP contribution is 2.36. The van der Waals surface area contributed by atoms with Gasteiger partial charge in [-0.2, -0.15) is 0 Å². The zero-order chi connectivity index (χ0) is 17.3. The molecule has 0 bridgehead atoms. The number of carbonyl (C=O) groups is 1. The fourth-order valence-electron chi connectivity index (χ4n) is 3.42. The largest absolute Gasteiger partial charge is 0.361 e. The van der Waals surface area contributed by atoms with Crippen molar-refractivity contribution in [3.63, 3.8) is 0 Å². The van der Waals surface area contributed by atoms with Crippen LogP contribution in [-0.4, -0.2) is 22.5 Å². The number of amides is 1. The van der Waals surface area contributed by atoms with Crippen LogP contribution in [0.4, 0.5) is 4.39 Å². The van der Waals surface area contributed by atoms with Crippen molar-refractivity contribution < 1.29 is 13.7 Å². The van der Waals surface area contributed by atoms with Gasteiger partial charge < -0.3 is 9.42 Å². The summed E-state index contributed by atoms with van der Waals surface area (Å²) in [4.78, 5) is 14.6. The second-order valence-electron chi connectivity index (χ2n) is 6.08. The molecule has 3 rings (SSSR count). The van der Waals surface area contributed by atoms with E-state index in [0.29, 0.717) is 6.54 Å². The van der Waals surface area contributed by atoms with Gasteiger partial charge in [-0.25, -0.2) is 4.39 Å². The lowest BCUT2D eigenvalue weighted by molar-refractivity contribution is -0.131. The van der Waals surface area contributed by atoms with Crippen molar-refractivity contribution in [3.05, 3.63) is 51.6 Å². The first kappa shape index (κ1) is 17.0. The van der Waals surface area contributed by atoms with E-state index in [1.54, 1.807) is 12.1 Å². The van der Waals surface area contributed by atoms with Crippen molar-refractivity contribution in [1.82, 2.24) is 10.1 Å². The summed E-state index contributed by atoms with van der Waals surface area (Å²) in [5, 5.41) is 4.33. The Morgan fingerprint density at radius 1 is 1.50 bits per heavy atom. The van der Waals surface area contributed by atoms with E-state index in [0.717, 1.165) is 36.3 Å². The number of nitrogens with zero attached hydrogens (tertiary/aromatic N) is 2. The van der Waals surface area contributed by atoms with Crippen molar-refractivity contribution in [1.29, 1.82) is 0 Å². The Morgan fingerprint density at radius 2 is 2.29 bits per heavy atom. The van der Waals surface area contributed by atoms with Crippen LogP contribution >= 0.6 is 11.6 Å². The number of rotatable bonds is 4. The molecule has 1 aliphatic rings. The summed E-state index contributed by atoms with van der Waals surface area (Å²) in [5.41, 5.74) is 2.08. The monoisotopic (exact) mass is 350 g/mol. The molecule has 24 heavy (non-hydrogen) atoms. The topological polar surface area (TPSA) is 46.3 Å². The third-order valence-electron chi connectivity index (χ3n) is 4.60. The molecule has 128 valence electrons. The van der Waals surface area contributed by atoms with E-state index in [9.17, 15) is 9.18 Å². The van der Waals surface area contributed by atoms with Crippen LogP contribution in [0.2, 0.25) is 5.02 Å². The Morgan fingerprint density at radius 3 is 3.00 bits per heavy atom. The summed E-state index contributed by atoms with van der Waals surface area (Å²) in [5.74, 6) is 0.260. The Kier molecular flexibility index (Phi) is 4.90. The summed E-state index contributed by atoms with van der Waals surface area (Å²) in [6, 6.07) is 4.42. The average Bonchev–Trinajstić information content (AvgIpc) is 3.16. The van der Waals surface area contributed by atoms with Gasteiger partial charge in [-0.15, -0.1) is 0 Å². The maximum Gasteiger partial charge on any atom is 0.227 e. The molecule has 1 fully saturated rings. The minimum Gasteiger partial charge on any atom is -0.361 e. The predicted octanol–water partition coefficient (Wildman–Crippen LogP) is 4.24. The van der Waals surface area contributed by atoms with Gasteiger partial charge in [0.15, 0.2) is 0 Å². The summed E-state index contributed by atoms with van der Waals surface area (Å²) in [6.07, 6.45) is 2.47.